The van der Waals surface area contributed by atoms with Crippen molar-refractivity contribution in [3.63, 3.8) is 0 Å². The molecule has 2 nitrogen and oxygen atoms in total. The zero-order valence-corrected chi connectivity index (χ0v) is 9.22. The number of likely N-dealkylation sites (tertiary alicyclic amines) is 1. The van der Waals surface area contributed by atoms with Gasteiger partial charge in [0.15, 0.2) is 0 Å². The molecule has 0 aromatic heterocycles. The SMILES string of the molecule is COC1CCCN(CCCCCl)C1. The Labute approximate surface area is 86.2 Å². The minimum atomic E-state index is 0.463. The van der Waals surface area contributed by atoms with Gasteiger partial charge in [-0.1, -0.05) is 0 Å². The third kappa shape index (κ3) is 4.30. The summed E-state index contributed by atoms with van der Waals surface area (Å²) in [5, 5.41) is 0. The number of hydrogen-bond donors (Lipinski definition) is 0. The number of piperidine rings is 1. The number of hydrogen-bond acceptors (Lipinski definition) is 2. The first-order valence-electron chi connectivity index (χ1n) is 5.18. The lowest BCUT2D eigenvalue weighted by atomic mass is 10.1. The van der Waals surface area contributed by atoms with Crippen LogP contribution in [0.5, 0.6) is 0 Å². The largest absolute Gasteiger partial charge is 0.380 e. The Hall–Kier alpha value is 0.210. The van der Waals surface area contributed by atoms with Crippen LogP contribution in [-0.4, -0.2) is 43.6 Å². The number of halogens is 1. The molecular formula is C10H20ClNO. The fourth-order valence-corrected chi connectivity index (χ4v) is 2.03. The number of ether oxygens (including phenoxy) is 1. The maximum atomic E-state index is 5.63. The van der Waals surface area contributed by atoms with Gasteiger partial charge in [0, 0.05) is 19.5 Å². The van der Waals surface area contributed by atoms with Crippen molar-refractivity contribution >= 4 is 11.6 Å². The third-order valence-electron chi connectivity index (χ3n) is 2.65. The smallest absolute Gasteiger partial charge is 0.0698 e. The fourth-order valence-electron chi connectivity index (χ4n) is 1.84. The molecule has 1 aliphatic heterocycles. The van der Waals surface area contributed by atoms with Gasteiger partial charge in [0.05, 0.1) is 6.10 Å². The third-order valence-corrected chi connectivity index (χ3v) is 2.92. The highest BCUT2D eigenvalue weighted by molar-refractivity contribution is 6.17. The lowest BCUT2D eigenvalue weighted by Crippen LogP contribution is -2.39. The van der Waals surface area contributed by atoms with Crippen molar-refractivity contribution in [2.24, 2.45) is 0 Å². The second-order valence-electron chi connectivity index (χ2n) is 3.70. The van der Waals surface area contributed by atoms with E-state index >= 15 is 0 Å². The van der Waals surface area contributed by atoms with Crippen LogP contribution in [0.2, 0.25) is 0 Å². The highest BCUT2D eigenvalue weighted by atomic mass is 35.5. The molecule has 3 heteroatoms. The minimum absolute atomic E-state index is 0.463. The van der Waals surface area contributed by atoms with E-state index in [4.69, 9.17) is 16.3 Å². The molecule has 0 aliphatic carbocycles. The number of rotatable bonds is 5. The van der Waals surface area contributed by atoms with Gasteiger partial charge >= 0.3 is 0 Å². The number of alkyl halides is 1. The first-order chi connectivity index (χ1) is 6.36. The van der Waals surface area contributed by atoms with Crippen LogP contribution in [0.25, 0.3) is 0 Å². The summed E-state index contributed by atoms with van der Waals surface area (Å²) in [6.45, 7) is 3.54. The summed E-state index contributed by atoms with van der Waals surface area (Å²) in [5.41, 5.74) is 0. The molecule has 1 fully saturated rings. The van der Waals surface area contributed by atoms with E-state index < -0.39 is 0 Å². The molecule has 0 aromatic carbocycles. The first-order valence-corrected chi connectivity index (χ1v) is 5.71. The van der Waals surface area contributed by atoms with E-state index in [2.05, 4.69) is 4.90 Å². The van der Waals surface area contributed by atoms with E-state index in [0.717, 1.165) is 18.8 Å². The highest BCUT2D eigenvalue weighted by Gasteiger charge is 2.18. The molecule has 1 rings (SSSR count). The van der Waals surface area contributed by atoms with Crippen molar-refractivity contribution in [2.75, 3.05) is 32.6 Å². The van der Waals surface area contributed by atoms with Gasteiger partial charge in [0.25, 0.3) is 0 Å². The molecule has 1 heterocycles. The molecule has 1 saturated heterocycles. The molecule has 78 valence electrons. The number of nitrogens with zero attached hydrogens (tertiary/aromatic N) is 1. The topological polar surface area (TPSA) is 12.5 Å². The van der Waals surface area contributed by atoms with Gasteiger partial charge in [0.2, 0.25) is 0 Å². The Morgan fingerprint density at radius 3 is 3.00 bits per heavy atom. The zero-order valence-electron chi connectivity index (χ0n) is 8.47. The lowest BCUT2D eigenvalue weighted by molar-refractivity contribution is 0.0310. The van der Waals surface area contributed by atoms with Crippen molar-refractivity contribution in [3.05, 3.63) is 0 Å². The van der Waals surface area contributed by atoms with Gasteiger partial charge in [-0.05, 0) is 38.8 Å². The Morgan fingerprint density at radius 2 is 2.31 bits per heavy atom. The zero-order chi connectivity index (χ0) is 9.52. The fraction of sp³-hybridized carbons (Fsp3) is 1.00. The van der Waals surface area contributed by atoms with E-state index in [9.17, 15) is 0 Å². The molecule has 13 heavy (non-hydrogen) atoms. The molecule has 0 saturated carbocycles. The molecule has 0 spiro atoms. The van der Waals surface area contributed by atoms with Gasteiger partial charge in [-0.3, -0.25) is 0 Å². The molecule has 0 aromatic rings. The minimum Gasteiger partial charge on any atom is -0.380 e. The molecule has 0 amide bonds. The summed E-state index contributed by atoms with van der Waals surface area (Å²) in [6, 6.07) is 0. The lowest BCUT2D eigenvalue weighted by Gasteiger charge is -2.31. The van der Waals surface area contributed by atoms with Crippen molar-refractivity contribution in [2.45, 2.75) is 31.8 Å². The Kier molecular flexibility index (Phi) is 5.76. The van der Waals surface area contributed by atoms with Crippen molar-refractivity contribution in [1.82, 2.24) is 4.90 Å². The predicted octanol–water partition coefficient (Wildman–Crippen LogP) is 2.12. The van der Waals surface area contributed by atoms with Crippen molar-refractivity contribution < 1.29 is 4.74 Å². The quantitative estimate of drug-likeness (QED) is 0.504. The summed E-state index contributed by atoms with van der Waals surface area (Å²) in [4.78, 5) is 2.49. The molecule has 0 N–H and O–H groups in total. The Balaban J connectivity index is 2.11. The first kappa shape index (κ1) is 11.3. The van der Waals surface area contributed by atoms with Crippen molar-refractivity contribution in [3.8, 4) is 0 Å². The van der Waals surface area contributed by atoms with E-state index in [1.165, 1.54) is 32.4 Å². The summed E-state index contributed by atoms with van der Waals surface area (Å²) in [5.74, 6) is 0.793. The maximum absolute atomic E-state index is 5.63. The summed E-state index contributed by atoms with van der Waals surface area (Å²) in [6.07, 6.45) is 5.32. The normalized spacial score (nSPS) is 24.9. The monoisotopic (exact) mass is 205 g/mol. The second kappa shape index (κ2) is 6.63. The van der Waals surface area contributed by atoms with Gasteiger partial charge in [-0.15, -0.1) is 11.6 Å². The van der Waals surface area contributed by atoms with Crippen LogP contribution in [0.3, 0.4) is 0 Å². The van der Waals surface area contributed by atoms with E-state index in [0.29, 0.717) is 6.10 Å². The van der Waals surface area contributed by atoms with Crippen LogP contribution in [0.1, 0.15) is 25.7 Å². The van der Waals surface area contributed by atoms with Crippen molar-refractivity contribution in [1.29, 1.82) is 0 Å². The van der Waals surface area contributed by atoms with E-state index in [-0.39, 0.29) is 0 Å². The highest BCUT2D eigenvalue weighted by Crippen LogP contribution is 2.12. The van der Waals surface area contributed by atoms with Crippen LogP contribution in [0, 0.1) is 0 Å². The number of methoxy groups -OCH3 is 1. The molecule has 0 bridgehead atoms. The molecule has 1 aliphatic rings. The van der Waals surface area contributed by atoms with Crippen LogP contribution >= 0.6 is 11.6 Å². The molecular weight excluding hydrogens is 186 g/mol. The van der Waals surface area contributed by atoms with Gasteiger partial charge in [-0.2, -0.15) is 0 Å². The Morgan fingerprint density at radius 1 is 1.46 bits per heavy atom. The summed E-state index contributed by atoms with van der Waals surface area (Å²) < 4.78 is 5.36. The summed E-state index contributed by atoms with van der Waals surface area (Å²) in [7, 11) is 1.81. The number of unbranched alkanes of at least 4 members (excludes halogenated alkanes) is 1. The van der Waals surface area contributed by atoms with E-state index in [1.807, 2.05) is 7.11 Å². The van der Waals surface area contributed by atoms with E-state index in [1.54, 1.807) is 0 Å². The average Bonchev–Trinajstić information content (AvgIpc) is 2.19. The standard InChI is InChI=1S/C10H20ClNO/c1-13-10-5-4-8-12(9-10)7-3-2-6-11/h10H,2-9H2,1H3. The second-order valence-corrected chi connectivity index (χ2v) is 4.07. The maximum Gasteiger partial charge on any atom is 0.0698 e. The molecule has 1 atom stereocenters. The van der Waals surface area contributed by atoms with Crippen LogP contribution in [0.15, 0.2) is 0 Å². The summed E-state index contributed by atoms with van der Waals surface area (Å²) >= 11 is 5.63. The van der Waals surface area contributed by atoms with Gasteiger partial charge in [-0.25, -0.2) is 0 Å². The van der Waals surface area contributed by atoms with Crippen LogP contribution in [0.4, 0.5) is 0 Å². The molecule has 1 unspecified atom stereocenters. The van der Waals surface area contributed by atoms with Gasteiger partial charge in [0.1, 0.15) is 0 Å². The average molecular weight is 206 g/mol. The van der Waals surface area contributed by atoms with Crippen LogP contribution in [-0.2, 0) is 4.74 Å². The molecule has 0 radical (unpaired) electrons. The predicted molar refractivity (Wildman–Crippen MR) is 56.4 cm³/mol. The van der Waals surface area contributed by atoms with Crippen LogP contribution < -0.4 is 0 Å². The van der Waals surface area contributed by atoms with Gasteiger partial charge < -0.3 is 9.64 Å². The Bertz CT molecular complexity index is 132.